The molecule has 102 valence electrons. The quantitative estimate of drug-likeness (QED) is 0.888. The van der Waals surface area contributed by atoms with Crippen LogP contribution in [0.2, 0.25) is 0 Å². The lowest BCUT2D eigenvalue weighted by Gasteiger charge is -2.19. The minimum absolute atomic E-state index is 0.00535. The molecule has 1 aromatic carbocycles. The molecule has 0 fully saturated rings. The minimum atomic E-state index is -4.74. The maximum atomic E-state index is 12.5. The SMILES string of the molecule is CCOc1ccc(OCC)c(C(O)C(F)(F)F)c1. The molecule has 0 amide bonds. The predicted octanol–water partition coefficient (Wildman–Crippen LogP) is 3.08. The number of hydrogen-bond acceptors (Lipinski definition) is 3. The summed E-state index contributed by atoms with van der Waals surface area (Å²) < 4.78 is 47.8. The highest BCUT2D eigenvalue weighted by Crippen LogP contribution is 2.38. The minimum Gasteiger partial charge on any atom is -0.494 e. The standard InChI is InChI=1S/C12H15F3O3/c1-3-17-8-5-6-10(18-4-2)9(7-8)11(16)12(13,14)15/h5-7,11,16H,3-4H2,1-2H3. The second-order valence-corrected chi connectivity index (χ2v) is 3.51. The van der Waals surface area contributed by atoms with Crippen LogP contribution in [0.3, 0.4) is 0 Å². The summed E-state index contributed by atoms with van der Waals surface area (Å²) in [4.78, 5) is 0. The molecule has 0 saturated heterocycles. The van der Waals surface area contributed by atoms with Gasteiger partial charge in [-0.3, -0.25) is 0 Å². The summed E-state index contributed by atoms with van der Waals surface area (Å²) in [6, 6.07) is 4.01. The summed E-state index contributed by atoms with van der Waals surface area (Å²) in [6.45, 7) is 3.91. The fraction of sp³-hybridized carbons (Fsp3) is 0.500. The Morgan fingerprint density at radius 1 is 1.17 bits per heavy atom. The Hall–Kier alpha value is -1.43. The average Bonchev–Trinajstić information content (AvgIpc) is 2.29. The fourth-order valence-electron chi connectivity index (χ4n) is 1.46. The number of rotatable bonds is 5. The van der Waals surface area contributed by atoms with Crippen molar-refractivity contribution < 1.29 is 27.8 Å². The van der Waals surface area contributed by atoms with Crippen molar-refractivity contribution in [1.82, 2.24) is 0 Å². The van der Waals surface area contributed by atoms with E-state index in [1.54, 1.807) is 13.8 Å². The van der Waals surface area contributed by atoms with Gasteiger partial charge in [0, 0.05) is 5.56 Å². The van der Waals surface area contributed by atoms with E-state index in [4.69, 9.17) is 9.47 Å². The normalized spacial score (nSPS) is 13.2. The van der Waals surface area contributed by atoms with Gasteiger partial charge in [-0.15, -0.1) is 0 Å². The van der Waals surface area contributed by atoms with Gasteiger partial charge >= 0.3 is 6.18 Å². The van der Waals surface area contributed by atoms with Crippen molar-refractivity contribution in [2.45, 2.75) is 26.1 Å². The Morgan fingerprint density at radius 2 is 1.78 bits per heavy atom. The molecule has 0 saturated carbocycles. The first kappa shape index (κ1) is 14.6. The summed E-state index contributed by atoms with van der Waals surface area (Å²) in [6.07, 6.45) is -7.32. The Labute approximate surface area is 103 Å². The number of hydrogen-bond donors (Lipinski definition) is 1. The Balaban J connectivity index is 3.14. The van der Waals surface area contributed by atoms with Gasteiger partial charge in [0.2, 0.25) is 0 Å². The largest absolute Gasteiger partial charge is 0.494 e. The highest BCUT2D eigenvalue weighted by Gasteiger charge is 2.41. The van der Waals surface area contributed by atoms with Crippen molar-refractivity contribution in [2.75, 3.05) is 13.2 Å². The van der Waals surface area contributed by atoms with Gasteiger partial charge in [-0.2, -0.15) is 13.2 Å². The molecule has 1 aromatic rings. The molecule has 3 nitrogen and oxygen atoms in total. The molecule has 0 aliphatic rings. The van der Waals surface area contributed by atoms with Crippen LogP contribution in [0.25, 0.3) is 0 Å². The summed E-state index contributed by atoms with van der Waals surface area (Å²) in [7, 11) is 0. The van der Waals surface area contributed by atoms with E-state index in [0.29, 0.717) is 6.61 Å². The first-order valence-corrected chi connectivity index (χ1v) is 5.54. The molecular weight excluding hydrogens is 249 g/mol. The molecule has 1 atom stereocenters. The van der Waals surface area contributed by atoms with E-state index in [1.165, 1.54) is 12.1 Å². The van der Waals surface area contributed by atoms with E-state index in [9.17, 15) is 18.3 Å². The van der Waals surface area contributed by atoms with Crippen LogP contribution in [0.5, 0.6) is 11.5 Å². The topological polar surface area (TPSA) is 38.7 Å². The van der Waals surface area contributed by atoms with Crippen molar-refractivity contribution in [1.29, 1.82) is 0 Å². The third-order valence-electron chi connectivity index (χ3n) is 2.20. The lowest BCUT2D eigenvalue weighted by atomic mass is 10.1. The molecule has 1 N–H and O–H groups in total. The molecule has 0 bridgehead atoms. The molecule has 0 aliphatic carbocycles. The Kier molecular flexibility index (Phi) is 4.84. The summed E-state index contributed by atoms with van der Waals surface area (Å²) >= 11 is 0. The number of ether oxygens (including phenoxy) is 2. The molecule has 0 spiro atoms. The third-order valence-corrected chi connectivity index (χ3v) is 2.20. The monoisotopic (exact) mass is 264 g/mol. The molecular formula is C12H15F3O3. The molecule has 0 radical (unpaired) electrons. The maximum absolute atomic E-state index is 12.5. The predicted molar refractivity (Wildman–Crippen MR) is 59.8 cm³/mol. The van der Waals surface area contributed by atoms with Gasteiger partial charge in [-0.1, -0.05) is 0 Å². The van der Waals surface area contributed by atoms with Crippen LogP contribution in [0.15, 0.2) is 18.2 Å². The second kappa shape index (κ2) is 5.95. The van der Waals surface area contributed by atoms with E-state index in [1.807, 2.05) is 0 Å². The highest BCUT2D eigenvalue weighted by molar-refractivity contribution is 5.42. The Bertz CT molecular complexity index is 391. The summed E-state index contributed by atoms with van der Waals surface area (Å²) in [5.74, 6) is 0.269. The molecule has 0 aromatic heterocycles. The van der Waals surface area contributed by atoms with Crippen LogP contribution in [0.1, 0.15) is 25.5 Å². The van der Waals surface area contributed by atoms with Crippen LogP contribution in [-0.2, 0) is 0 Å². The van der Waals surface area contributed by atoms with E-state index in [2.05, 4.69) is 0 Å². The van der Waals surface area contributed by atoms with E-state index < -0.39 is 12.3 Å². The van der Waals surface area contributed by atoms with Crippen molar-refractivity contribution in [3.8, 4) is 11.5 Å². The van der Waals surface area contributed by atoms with Gasteiger partial charge in [-0.05, 0) is 32.0 Å². The van der Waals surface area contributed by atoms with Crippen molar-refractivity contribution in [3.05, 3.63) is 23.8 Å². The molecule has 1 rings (SSSR count). The van der Waals surface area contributed by atoms with Crippen LogP contribution < -0.4 is 9.47 Å². The first-order chi connectivity index (χ1) is 8.40. The van der Waals surface area contributed by atoms with Gasteiger partial charge in [-0.25, -0.2) is 0 Å². The number of halogens is 3. The van der Waals surface area contributed by atoms with E-state index in [0.717, 1.165) is 6.07 Å². The molecule has 6 heteroatoms. The first-order valence-electron chi connectivity index (χ1n) is 5.54. The second-order valence-electron chi connectivity index (χ2n) is 3.51. The van der Waals surface area contributed by atoms with Gasteiger partial charge in [0.25, 0.3) is 0 Å². The summed E-state index contributed by atoms with van der Waals surface area (Å²) in [5.41, 5.74) is -0.338. The lowest BCUT2D eigenvalue weighted by Crippen LogP contribution is -2.21. The molecule has 0 heterocycles. The average molecular weight is 264 g/mol. The van der Waals surface area contributed by atoms with Crippen LogP contribution >= 0.6 is 0 Å². The molecule has 0 aliphatic heterocycles. The third kappa shape index (κ3) is 3.53. The number of alkyl halides is 3. The van der Waals surface area contributed by atoms with E-state index in [-0.39, 0.29) is 23.7 Å². The van der Waals surface area contributed by atoms with Crippen molar-refractivity contribution in [3.63, 3.8) is 0 Å². The highest BCUT2D eigenvalue weighted by atomic mass is 19.4. The van der Waals surface area contributed by atoms with E-state index >= 15 is 0 Å². The Morgan fingerprint density at radius 3 is 2.28 bits per heavy atom. The molecule has 1 unspecified atom stereocenters. The van der Waals surface area contributed by atoms with Crippen LogP contribution in [0, 0.1) is 0 Å². The lowest BCUT2D eigenvalue weighted by molar-refractivity contribution is -0.207. The van der Waals surface area contributed by atoms with Crippen molar-refractivity contribution >= 4 is 0 Å². The zero-order valence-corrected chi connectivity index (χ0v) is 10.1. The van der Waals surface area contributed by atoms with Gasteiger partial charge in [0.1, 0.15) is 11.5 Å². The summed E-state index contributed by atoms with van der Waals surface area (Å²) in [5, 5.41) is 9.30. The smallest absolute Gasteiger partial charge is 0.418 e. The van der Waals surface area contributed by atoms with Crippen molar-refractivity contribution in [2.24, 2.45) is 0 Å². The fourth-order valence-corrected chi connectivity index (χ4v) is 1.46. The molecule has 18 heavy (non-hydrogen) atoms. The van der Waals surface area contributed by atoms with Crippen LogP contribution in [-0.4, -0.2) is 24.5 Å². The maximum Gasteiger partial charge on any atom is 0.418 e. The number of aliphatic hydroxyl groups is 1. The van der Waals surface area contributed by atoms with Gasteiger partial charge in [0.05, 0.1) is 13.2 Å². The van der Waals surface area contributed by atoms with Gasteiger partial charge in [0.15, 0.2) is 6.10 Å². The zero-order chi connectivity index (χ0) is 13.8. The van der Waals surface area contributed by atoms with Gasteiger partial charge < -0.3 is 14.6 Å². The zero-order valence-electron chi connectivity index (χ0n) is 10.1. The van der Waals surface area contributed by atoms with Crippen LogP contribution in [0.4, 0.5) is 13.2 Å². The number of aliphatic hydroxyl groups excluding tert-OH is 1. The number of benzene rings is 1.